The lowest BCUT2D eigenvalue weighted by Crippen LogP contribution is -2.59. The largest absolute Gasteiger partial charge is 0.322 e. The van der Waals surface area contributed by atoms with E-state index in [1.165, 1.54) is 12.1 Å². The number of urea groups is 1. The first-order valence-corrected chi connectivity index (χ1v) is 6.14. The number of non-ortho nitro benzene ring substituents is 1. The number of hydrogen-bond acceptors (Lipinski definition) is 4. The van der Waals surface area contributed by atoms with E-state index in [2.05, 4.69) is 10.6 Å². The number of anilines is 1. The van der Waals surface area contributed by atoms with Crippen LogP contribution >= 0.6 is 0 Å². The fourth-order valence-electron chi connectivity index (χ4n) is 1.95. The second-order valence-corrected chi connectivity index (χ2v) is 4.34. The maximum absolute atomic E-state index is 12.1. The van der Waals surface area contributed by atoms with Gasteiger partial charge in [-0.2, -0.15) is 0 Å². The van der Waals surface area contributed by atoms with Crippen molar-refractivity contribution in [3.63, 3.8) is 0 Å². The molecule has 1 saturated heterocycles. The zero-order valence-electron chi connectivity index (χ0n) is 10.6. The van der Waals surface area contributed by atoms with Crippen LogP contribution in [0.25, 0.3) is 0 Å². The molecule has 1 heterocycles. The molecule has 102 valence electrons. The summed E-state index contributed by atoms with van der Waals surface area (Å²) in [7, 11) is 0. The average molecular weight is 264 g/mol. The van der Waals surface area contributed by atoms with Gasteiger partial charge in [-0.05, 0) is 13.0 Å². The summed E-state index contributed by atoms with van der Waals surface area (Å²) in [5, 5.41) is 16.5. The average Bonchev–Trinajstić information content (AvgIpc) is 2.33. The summed E-state index contributed by atoms with van der Waals surface area (Å²) in [4.78, 5) is 24.0. The van der Waals surface area contributed by atoms with Gasteiger partial charge in [-0.25, -0.2) is 4.79 Å². The SMILES string of the molecule is CCN(C(=O)Nc1cccc([N+](=O)[O-])c1)C1CNC1. The van der Waals surface area contributed by atoms with Crippen molar-refractivity contribution < 1.29 is 9.72 Å². The van der Waals surface area contributed by atoms with E-state index in [0.29, 0.717) is 12.2 Å². The summed E-state index contributed by atoms with van der Waals surface area (Å²) in [6, 6.07) is 5.90. The summed E-state index contributed by atoms with van der Waals surface area (Å²) in [5.41, 5.74) is 0.399. The molecule has 19 heavy (non-hydrogen) atoms. The van der Waals surface area contributed by atoms with Crippen molar-refractivity contribution in [2.45, 2.75) is 13.0 Å². The van der Waals surface area contributed by atoms with E-state index in [4.69, 9.17) is 0 Å². The predicted molar refractivity (Wildman–Crippen MR) is 71.2 cm³/mol. The number of nitro groups is 1. The first kappa shape index (κ1) is 13.3. The lowest BCUT2D eigenvalue weighted by Gasteiger charge is -2.37. The standard InChI is InChI=1S/C12H16N4O3/c1-2-15(11-7-13-8-11)12(17)14-9-4-3-5-10(6-9)16(18)19/h3-6,11,13H,2,7-8H2,1H3,(H,14,17). The Kier molecular flexibility index (Phi) is 3.96. The molecule has 0 radical (unpaired) electrons. The fraction of sp³-hybridized carbons (Fsp3) is 0.417. The van der Waals surface area contributed by atoms with Gasteiger partial charge in [0.15, 0.2) is 0 Å². The van der Waals surface area contributed by atoms with E-state index >= 15 is 0 Å². The van der Waals surface area contributed by atoms with E-state index in [1.54, 1.807) is 17.0 Å². The van der Waals surface area contributed by atoms with Crippen LogP contribution in [-0.2, 0) is 0 Å². The molecule has 0 atom stereocenters. The van der Waals surface area contributed by atoms with Gasteiger partial charge in [-0.3, -0.25) is 10.1 Å². The predicted octanol–water partition coefficient (Wildman–Crippen LogP) is 1.42. The van der Waals surface area contributed by atoms with Crippen LogP contribution in [0, 0.1) is 10.1 Å². The Hall–Kier alpha value is -2.15. The highest BCUT2D eigenvalue weighted by molar-refractivity contribution is 5.90. The van der Waals surface area contributed by atoms with Gasteiger partial charge >= 0.3 is 6.03 Å². The van der Waals surface area contributed by atoms with Crippen LogP contribution in [0.15, 0.2) is 24.3 Å². The van der Waals surface area contributed by atoms with Crippen molar-refractivity contribution >= 4 is 17.4 Å². The number of nitrogens with one attached hydrogen (secondary N) is 2. The lowest BCUT2D eigenvalue weighted by atomic mass is 10.1. The maximum atomic E-state index is 12.1. The molecule has 7 nitrogen and oxygen atoms in total. The van der Waals surface area contributed by atoms with Gasteiger partial charge in [0, 0.05) is 37.5 Å². The molecular weight excluding hydrogens is 248 g/mol. The van der Waals surface area contributed by atoms with Gasteiger partial charge < -0.3 is 15.5 Å². The van der Waals surface area contributed by atoms with Crippen molar-refractivity contribution in [3.8, 4) is 0 Å². The van der Waals surface area contributed by atoms with Crippen LogP contribution in [0.5, 0.6) is 0 Å². The van der Waals surface area contributed by atoms with Gasteiger partial charge in [0.1, 0.15) is 0 Å². The van der Waals surface area contributed by atoms with Crippen LogP contribution in [0.2, 0.25) is 0 Å². The molecule has 0 spiro atoms. The number of carbonyl (C=O) groups excluding carboxylic acids is 1. The van der Waals surface area contributed by atoms with Gasteiger partial charge in [0.05, 0.1) is 11.0 Å². The minimum atomic E-state index is -0.483. The normalized spacial score (nSPS) is 14.6. The zero-order chi connectivity index (χ0) is 13.8. The molecule has 0 aromatic heterocycles. The number of hydrogen-bond donors (Lipinski definition) is 2. The van der Waals surface area contributed by atoms with Crippen LogP contribution in [-0.4, -0.2) is 41.5 Å². The molecule has 2 amide bonds. The number of amides is 2. The highest BCUT2D eigenvalue weighted by atomic mass is 16.6. The molecule has 1 aromatic carbocycles. The van der Waals surface area contributed by atoms with Crippen molar-refractivity contribution in [1.82, 2.24) is 10.2 Å². The van der Waals surface area contributed by atoms with Gasteiger partial charge in [0.2, 0.25) is 0 Å². The summed E-state index contributed by atoms with van der Waals surface area (Å²) >= 11 is 0. The summed E-state index contributed by atoms with van der Waals surface area (Å²) in [5.74, 6) is 0. The Morgan fingerprint density at radius 2 is 2.32 bits per heavy atom. The first-order chi connectivity index (χ1) is 9.11. The molecule has 0 bridgehead atoms. The molecule has 7 heteroatoms. The number of rotatable bonds is 4. The van der Waals surface area contributed by atoms with Gasteiger partial charge in [0.25, 0.3) is 5.69 Å². The van der Waals surface area contributed by atoms with Crippen LogP contribution in [0.4, 0.5) is 16.2 Å². The van der Waals surface area contributed by atoms with E-state index in [9.17, 15) is 14.9 Å². The molecule has 1 aliphatic rings. The molecular formula is C12H16N4O3. The van der Waals surface area contributed by atoms with Crippen LogP contribution < -0.4 is 10.6 Å². The summed E-state index contributed by atoms with van der Waals surface area (Å²) in [6.45, 7) is 4.09. The lowest BCUT2D eigenvalue weighted by molar-refractivity contribution is -0.384. The Balaban J connectivity index is 2.05. The first-order valence-electron chi connectivity index (χ1n) is 6.14. The third-order valence-electron chi connectivity index (χ3n) is 3.11. The molecule has 0 saturated carbocycles. The molecule has 2 N–H and O–H groups in total. The Morgan fingerprint density at radius 3 is 2.84 bits per heavy atom. The van der Waals surface area contributed by atoms with Gasteiger partial charge in [-0.1, -0.05) is 6.07 Å². The van der Waals surface area contributed by atoms with E-state index in [0.717, 1.165) is 13.1 Å². The number of carbonyl (C=O) groups is 1. The number of nitrogens with zero attached hydrogens (tertiary/aromatic N) is 2. The maximum Gasteiger partial charge on any atom is 0.322 e. The van der Waals surface area contributed by atoms with Crippen LogP contribution in [0.1, 0.15) is 6.92 Å². The van der Waals surface area contributed by atoms with Crippen molar-refractivity contribution in [3.05, 3.63) is 34.4 Å². The number of nitro benzene ring substituents is 1. The highest BCUT2D eigenvalue weighted by Gasteiger charge is 2.27. The Bertz CT molecular complexity index is 488. The number of benzene rings is 1. The third kappa shape index (κ3) is 3.00. The molecule has 1 aliphatic heterocycles. The smallest absolute Gasteiger partial charge is 0.319 e. The van der Waals surface area contributed by atoms with Crippen molar-refractivity contribution in [2.24, 2.45) is 0 Å². The highest BCUT2D eigenvalue weighted by Crippen LogP contribution is 2.18. The molecule has 1 fully saturated rings. The van der Waals surface area contributed by atoms with E-state index in [1.807, 2.05) is 6.92 Å². The summed E-state index contributed by atoms with van der Waals surface area (Å²) < 4.78 is 0. The third-order valence-corrected chi connectivity index (χ3v) is 3.11. The topological polar surface area (TPSA) is 87.5 Å². The Morgan fingerprint density at radius 1 is 1.58 bits per heavy atom. The van der Waals surface area contributed by atoms with Crippen molar-refractivity contribution in [1.29, 1.82) is 0 Å². The monoisotopic (exact) mass is 264 g/mol. The fourth-order valence-corrected chi connectivity index (χ4v) is 1.95. The van der Waals surface area contributed by atoms with E-state index in [-0.39, 0.29) is 17.8 Å². The second-order valence-electron chi connectivity index (χ2n) is 4.34. The van der Waals surface area contributed by atoms with Crippen molar-refractivity contribution in [2.75, 3.05) is 25.0 Å². The minimum Gasteiger partial charge on any atom is -0.319 e. The molecule has 0 aliphatic carbocycles. The number of likely N-dealkylation sites (N-methyl/N-ethyl adjacent to an activating group) is 1. The Labute approximate surface area is 110 Å². The quantitative estimate of drug-likeness (QED) is 0.636. The zero-order valence-corrected chi connectivity index (χ0v) is 10.6. The summed E-state index contributed by atoms with van der Waals surface area (Å²) in [6.07, 6.45) is 0. The molecule has 2 rings (SSSR count). The van der Waals surface area contributed by atoms with Gasteiger partial charge in [-0.15, -0.1) is 0 Å². The van der Waals surface area contributed by atoms with E-state index < -0.39 is 4.92 Å². The molecule has 0 unspecified atom stereocenters. The minimum absolute atomic E-state index is 0.0360. The van der Waals surface area contributed by atoms with Crippen LogP contribution in [0.3, 0.4) is 0 Å². The second kappa shape index (κ2) is 5.66. The molecule has 1 aromatic rings.